The SMILES string of the molecule is Cc1c(O)c(O)cc2c1CC=C1C2(C)CCC2(C)C3CC(C)(C(=O)O)CCC3(C)CCC12C.Cc1cc(O)c(C=O)c2c1C(=O)Oc1c(COC(=O)C=CC(=O)O)c(O)c(C(=O)O)c(C)c1O2. The van der Waals surface area contributed by atoms with Crippen molar-refractivity contribution in [3.8, 4) is 40.2 Å². The molecule has 67 heavy (non-hydrogen) atoms. The Balaban J connectivity index is 0.000000199. The Bertz CT molecular complexity index is 2760. The number of hydrogen-bond donors (Lipinski definition) is 7. The molecule has 0 saturated heterocycles. The lowest BCUT2D eigenvalue weighted by atomic mass is 9.34. The van der Waals surface area contributed by atoms with Gasteiger partial charge in [-0.05, 0) is 136 Å². The number of carbonyl (C=O) groups excluding carboxylic acids is 3. The highest BCUT2D eigenvalue weighted by Crippen LogP contribution is 2.74. The van der Waals surface area contributed by atoms with E-state index < -0.39 is 81.6 Å². The minimum Gasteiger partial charge on any atom is -0.507 e. The molecule has 6 unspecified atom stereocenters. The van der Waals surface area contributed by atoms with E-state index in [4.69, 9.17) is 19.3 Å². The van der Waals surface area contributed by atoms with E-state index in [0.29, 0.717) is 18.1 Å². The smallest absolute Gasteiger partial charge is 0.347 e. The number of allylic oxidation sites excluding steroid dienone is 2. The van der Waals surface area contributed by atoms with E-state index in [1.165, 1.54) is 25.0 Å². The zero-order valence-electron chi connectivity index (χ0n) is 38.7. The van der Waals surface area contributed by atoms with Crippen molar-refractivity contribution >= 4 is 36.1 Å². The first kappa shape index (κ1) is 48.1. The van der Waals surface area contributed by atoms with Gasteiger partial charge in [0.05, 0.1) is 16.5 Å². The number of aldehydes is 1. The molecule has 3 aromatic rings. The molecule has 1 aliphatic heterocycles. The lowest BCUT2D eigenvalue weighted by Crippen LogP contribution is -2.62. The van der Waals surface area contributed by atoms with Crippen LogP contribution in [0.5, 0.6) is 40.2 Å². The molecular weight excluding hydrogens is 869 g/mol. The van der Waals surface area contributed by atoms with Gasteiger partial charge in [-0.1, -0.05) is 39.3 Å². The number of aryl methyl sites for hydroxylation is 1. The first-order chi connectivity index (χ1) is 31.2. The average Bonchev–Trinajstić information content (AvgIpc) is 3.40. The maximum Gasteiger partial charge on any atom is 0.347 e. The largest absolute Gasteiger partial charge is 0.507 e. The van der Waals surface area contributed by atoms with Crippen molar-refractivity contribution in [2.75, 3.05) is 0 Å². The summed E-state index contributed by atoms with van der Waals surface area (Å²) in [5.74, 6) is -8.19. The molecule has 6 atom stereocenters. The van der Waals surface area contributed by atoms with Crippen LogP contribution in [0.3, 0.4) is 0 Å². The topological polar surface area (TPSA) is 272 Å². The standard InChI is InChI=1S/C29H40O4.C22H16O12/c1-17-18-7-8-21-27(4,19(18)15-20(30)23(17)31)12-14-29(6)22-16-26(3,24(32)33)10-9-25(22,2)11-13-28(21,29)5;1-8-5-12(24)10(6-23)19-15(8)22(31)34-20-11(7-32-14(27)4-3-13(25)26)17(28)16(21(29)30)9(2)18(20)33-19/h8,15,22,30-31H,7,9-14,16H2,1-6H3,(H,32,33);3-6,24,28H,7H2,1-2H3,(H,25,26)(H,29,30). The van der Waals surface area contributed by atoms with Crippen LogP contribution in [0.15, 0.2) is 35.9 Å². The van der Waals surface area contributed by atoms with Gasteiger partial charge in [-0.15, -0.1) is 0 Å². The molecule has 3 fully saturated rings. The van der Waals surface area contributed by atoms with Gasteiger partial charge in [0.1, 0.15) is 29.2 Å². The van der Waals surface area contributed by atoms with Crippen molar-refractivity contribution in [2.24, 2.45) is 27.6 Å². The van der Waals surface area contributed by atoms with Crippen LogP contribution in [0.1, 0.15) is 144 Å². The number of esters is 2. The molecule has 0 amide bonds. The zero-order chi connectivity index (χ0) is 49.5. The molecule has 16 nitrogen and oxygen atoms in total. The fraction of sp³-hybridized carbons (Fsp3) is 0.451. The maximum absolute atomic E-state index is 12.9. The minimum absolute atomic E-state index is 0.00431. The zero-order valence-corrected chi connectivity index (χ0v) is 38.7. The highest BCUT2D eigenvalue weighted by atomic mass is 16.6. The predicted octanol–water partition coefficient (Wildman–Crippen LogP) is 8.88. The van der Waals surface area contributed by atoms with Gasteiger partial charge in [-0.3, -0.25) is 9.59 Å². The van der Waals surface area contributed by atoms with Crippen LogP contribution in [0.4, 0.5) is 0 Å². The van der Waals surface area contributed by atoms with Gasteiger partial charge >= 0.3 is 29.8 Å². The maximum atomic E-state index is 12.9. The number of carboxylic acids is 3. The molecule has 356 valence electrons. The first-order valence-electron chi connectivity index (χ1n) is 22.1. The molecule has 3 aromatic carbocycles. The van der Waals surface area contributed by atoms with Crippen LogP contribution in [-0.2, 0) is 37.6 Å². The summed E-state index contributed by atoms with van der Waals surface area (Å²) in [4.78, 5) is 70.9. The quantitative estimate of drug-likeness (QED) is 0.0291. The molecule has 0 aromatic heterocycles. The van der Waals surface area contributed by atoms with Crippen LogP contribution < -0.4 is 9.47 Å². The number of aliphatic carboxylic acids is 2. The highest BCUT2D eigenvalue weighted by Gasteiger charge is 2.67. The number of aromatic hydroxyl groups is 4. The van der Waals surface area contributed by atoms with Crippen LogP contribution >= 0.6 is 0 Å². The van der Waals surface area contributed by atoms with Gasteiger partial charge in [0, 0.05) is 23.1 Å². The molecule has 16 heteroatoms. The van der Waals surface area contributed by atoms with E-state index in [9.17, 15) is 59.4 Å². The second kappa shape index (κ2) is 16.5. The van der Waals surface area contributed by atoms with Crippen molar-refractivity contribution in [2.45, 2.75) is 119 Å². The monoisotopic (exact) mass is 924 g/mol. The van der Waals surface area contributed by atoms with Crippen LogP contribution in [0, 0.1) is 48.3 Å². The third-order valence-electron chi connectivity index (χ3n) is 16.4. The molecule has 0 bridgehead atoms. The molecule has 3 saturated carbocycles. The van der Waals surface area contributed by atoms with Crippen molar-refractivity contribution < 1.29 is 78.7 Å². The Morgan fingerprint density at radius 1 is 0.791 bits per heavy atom. The molecule has 7 N–H and O–H groups in total. The van der Waals surface area contributed by atoms with Gasteiger partial charge < -0.3 is 50.0 Å². The number of carboxylic acid groups (broad SMARTS) is 3. The number of fused-ring (bicyclic) bond motifs is 9. The lowest BCUT2D eigenvalue weighted by molar-refractivity contribution is -0.177. The van der Waals surface area contributed by atoms with Gasteiger partial charge in [0.15, 0.2) is 35.0 Å². The summed E-state index contributed by atoms with van der Waals surface area (Å²) < 4.78 is 15.9. The molecule has 0 spiro atoms. The van der Waals surface area contributed by atoms with E-state index in [1.807, 2.05) is 19.9 Å². The summed E-state index contributed by atoms with van der Waals surface area (Å²) in [6.45, 7) is 15.4. The molecule has 8 rings (SSSR count). The number of phenols is 4. The van der Waals surface area contributed by atoms with Crippen LogP contribution in [0.25, 0.3) is 0 Å². The van der Waals surface area contributed by atoms with Crippen LogP contribution in [0.2, 0.25) is 0 Å². The molecular formula is C51H56O16. The summed E-state index contributed by atoms with van der Waals surface area (Å²) in [5, 5.41) is 69.8. The van der Waals surface area contributed by atoms with Crippen molar-refractivity contribution in [3.63, 3.8) is 0 Å². The third-order valence-corrected chi connectivity index (χ3v) is 16.4. The number of phenolic OH excluding ortho intramolecular Hbond substituents is 3. The summed E-state index contributed by atoms with van der Waals surface area (Å²) in [7, 11) is 0. The number of aromatic carboxylic acids is 1. The van der Waals surface area contributed by atoms with Gasteiger partial charge in [0.25, 0.3) is 0 Å². The normalized spacial score (nSPS) is 27.9. The Morgan fingerprint density at radius 2 is 1.46 bits per heavy atom. The molecule has 4 aliphatic carbocycles. The molecule has 1 heterocycles. The Morgan fingerprint density at radius 3 is 2.09 bits per heavy atom. The summed E-state index contributed by atoms with van der Waals surface area (Å²) in [6, 6.07) is 2.94. The van der Waals surface area contributed by atoms with Crippen LogP contribution in [-0.4, -0.2) is 71.9 Å². The van der Waals surface area contributed by atoms with E-state index in [-0.39, 0.29) is 61.9 Å². The van der Waals surface area contributed by atoms with E-state index in [1.54, 1.807) is 0 Å². The Labute approximate surface area is 386 Å². The van der Waals surface area contributed by atoms with Crippen molar-refractivity contribution in [1.82, 2.24) is 0 Å². The number of benzene rings is 3. The minimum atomic E-state index is -1.60. The molecule has 0 radical (unpaired) electrons. The molecule has 5 aliphatic rings. The van der Waals surface area contributed by atoms with Crippen molar-refractivity contribution in [3.05, 3.63) is 86.0 Å². The van der Waals surface area contributed by atoms with E-state index in [0.717, 1.165) is 68.6 Å². The predicted molar refractivity (Wildman–Crippen MR) is 239 cm³/mol. The Hall–Kier alpha value is -6.84. The second-order valence-electron chi connectivity index (χ2n) is 20.1. The van der Waals surface area contributed by atoms with Gasteiger partial charge in [-0.2, -0.15) is 0 Å². The number of carbonyl (C=O) groups is 6. The van der Waals surface area contributed by atoms with Gasteiger partial charge in [0.2, 0.25) is 0 Å². The number of ether oxygens (including phenoxy) is 3. The van der Waals surface area contributed by atoms with E-state index in [2.05, 4.69) is 33.8 Å². The average molecular weight is 925 g/mol. The van der Waals surface area contributed by atoms with Crippen molar-refractivity contribution in [1.29, 1.82) is 0 Å². The summed E-state index contributed by atoms with van der Waals surface area (Å²) >= 11 is 0. The fourth-order valence-corrected chi connectivity index (χ4v) is 12.2. The first-order valence-corrected chi connectivity index (χ1v) is 22.1. The fourth-order valence-electron chi connectivity index (χ4n) is 12.2. The Kier molecular flexibility index (Phi) is 11.8. The van der Waals surface area contributed by atoms with E-state index >= 15 is 0 Å². The highest BCUT2D eigenvalue weighted by molar-refractivity contribution is 6.03. The number of rotatable bonds is 7. The lowest BCUT2D eigenvalue weighted by Gasteiger charge is -2.69. The summed E-state index contributed by atoms with van der Waals surface area (Å²) in [6.07, 6.45) is 11.3. The van der Waals surface area contributed by atoms with Gasteiger partial charge in [-0.25, -0.2) is 19.2 Å². The summed E-state index contributed by atoms with van der Waals surface area (Å²) in [5.41, 5.74) is 2.20. The third kappa shape index (κ3) is 7.44. The second-order valence-corrected chi connectivity index (χ2v) is 20.1. The number of hydrogen-bond acceptors (Lipinski definition) is 13.